The van der Waals surface area contributed by atoms with Crippen LogP contribution in [0.15, 0.2) is 48.5 Å². The average Bonchev–Trinajstić information content (AvgIpc) is 2.70. The number of carbonyl (C=O) groups is 2. The summed E-state index contributed by atoms with van der Waals surface area (Å²) in [5.74, 6) is 0.441. The number of esters is 2. The van der Waals surface area contributed by atoms with E-state index < -0.39 is 0 Å². The van der Waals surface area contributed by atoms with Crippen LogP contribution in [0.3, 0.4) is 0 Å². The number of hydrogen-bond acceptors (Lipinski definition) is 7. The number of rotatable bonds is 5. The van der Waals surface area contributed by atoms with Gasteiger partial charge < -0.3 is 18.8 Å². The first-order chi connectivity index (χ1) is 13.0. The number of carbonyl (C=O) groups excluding carboxylic acids is 2. The van der Waals surface area contributed by atoms with Crippen LogP contribution < -0.4 is 13.7 Å². The maximum Gasteiger partial charge on any atom is 0.314 e. The predicted octanol–water partition coefficient (Wildman–Crippen LogP) is 3.93. The fourth-order valence-corrected chi connectivity index (χ4v) is 3.17. The van der Waals surface area contributed by atoms with Crippen molar-refractivity contribution in [3.05, 3.63) is 48.5 Å². The van der Waals surface area contributed by atoms with Crippen LogP contribution in [-0.2, 0) is 9.59 Å². The summed E-state index contributed by atoms with van der Waals surface area (Å²) < 4.78 is 15.5. The SMILES string of the molecule is O=C(Oc1ccc(O)cc1)C1CCC(C(=O)Oc2ccc(OS)cc2)CC1. The predicted molar refractivity (Wildman–Crippen MR) is 101 cm³/mol. The molecule has 2 aromatic rings. The molecule has 0 heterocycles. The van der Waals surface area contributed by atoms with Gasteiger partial charge in [-0.2, -0.15) is 0 Å². The van der Waals surface area contributed by atoms with Crippen molar-refractivity contribution in [1.82, 2.24) is 0 Å². The third-order valence-electron chi connectivity index (χ3n) is 4.60. The largest absolute Gasteiger partial charge is 0.508 e. The number of thiol groups is 1. The summed E-state index contributed by atoms with van der Waals surface area (Å²) in [6, 6.07) is 12.6. The number of hydrogen-bond donors (Lipinski definition) is 2. The minimum absolute atomic E-state index is 0.113. The molecule has 27 heavy (non-hydrogen) atoms. The molecule has 7 heteroatoms. The topological polar surface area (TPSA) is 82.1 Å². The van der Waals surface area contributed by atoms with Crippen molar-refractivity contribution in [2.45, 2.75) is 25.7 Å². The van der Waals surface area contributed by atoms with E-state index in [1.54, 1.807) is 36.4 Å². The molecular weight excluding hydrogens is 368 g/mol. The van der Waals surface area contributed by atoms with Crippen molar-refractivity contribution in [1.29, 1.82) is 0 Å². The van der Waals surface area contributed by atoms with Gasteiger partial charge in [-0.3, -0.25) is 9.59 Å². The standard InChI is InChI=1S/C20H20O6S/c21-15-5-7-16(8-6-15)24-19(22)13-1-3-14(4-2-13)20(23)25-17-9-11-18(26-27)12-10-17/h5-14,21,27H,1-4H2. The smallest absolute Gasteiger partial charge is 0.314 e. The van der Waals surface area contributed by atoms with E-state index >= 15 is 0 Å². The van der Waals surface area contributed by atoms with Gasteiger partial charge in [-0.05, 0) is 74.2 Å². The van der Waals surface area contributed by atoms with Crippen LogP contribution in [0.2, 0.25) is 0 Å². The molecule has 1 aliphatic carbocycles. The number of phenols is 1. The Balaban J connectivity index is 1.47. The van der Waals surface area contributed by atoms with Gasteiger partial charge in [0.15, 0.2) is 0 Å². The van der Waals surface area contributed by atoms with Crippen molar-refractivity contribution in [2.75, 3.05) is 0 Å². The van der Waals surface area contributed by atoms with Gasteiger partial charge in [0.05, 0.1) is 11.8 Å². The van der Waals surface area contributed by atoms with Gasteiger partial charge in [-0.1, -0.05) is 0 Å². The Kier molecular flexibility index (Phi) is 6.24. The summed E-state index contributed by atoms with van der Waals surface area (Å²) in [6.45, 7) is 0. The van der Waals surface area contributed by atoms with Crippen molar-refractivity contribution in [3.63, 3.8) is 0 Å². The van der Waals surface area contributed by atoms with Gasteiger partial charge >= 0.3 is 11.9 Å². The molecule has 0 bridgehead atoms. The van der Waals surface area contributed by atoms with Crippen LogP contribution in [0, 0.1) is 11.8 Å². The fourth-order valence-electron chi connectivity index (χ4n) is 3.05. The van der Waals surface area contributed by atoms with Crippen molar-refractivity contribution >= 4 is 24.8 Å². The summed E-state index contributed by atoms with van der Waals surface area (Å²) in [7, 11) is 0. The highest BCUT2D eigenvalue weighted by Gasteiger charge is 2.32. The van der Waals surface area contributed by atoms with E-state index in [2.05, 4.69) is 12.9 Å². The van der Waals surface area contributed by atoms with Crippen LogP contribution in [0.25, 0.3) is 0 Å². The van der Waals surface area contributed by atoms with Crippen molar-refractivity contribution in [3.8, 4) is 23.0 Å². The van der Waals surface area contributed by atoms with E-state index in [-0.39, 0.29) is 29.5 Å². The molecule has 1 aliphatic rings. The molecule has 3 rings (SSSR count). The summed E-state index contributed by atoms with van der Waals surface area (Å²) in [5.41, 5.74) is 0. The maximum atomic E-state index is 12.3. The van der Waals surface area contributed by atoms with Crippen LogP contribution in [0.1, 0.15) is 25.7 Å². The van der Waals surface area contributed by atoms with E-state index in [9.17, 15) is 14.7 Å². The zero-order valence-electron chi connectivity index (χ0n) is 14.5. The van der Waals surface area contributed by atoms with E-state index in [0.717, 1.165) is 0 Å². The van der Waals surface area contributed by atoms with E-state index in [0.29, 0.717) is 42.9 Å². The first kappa shape index (κ1) is 19.1. The molecular formula is C20H20O6S. The summed E-state index contributed by atoms with van der Waals surface area (Å²) >= 11 is 3.70. The highest BCUT2D eigenvalue weighted by Crippen LogP contribution is 2.31. The molecule has 0 amide bonds. The third kappa shape index (κ3) is 5.17. The summed E-state index contributed by atoms with van der Waals surface area (Å²) in [6.07, 6.45) is 2.30. The van der Waals surface area contributed by atoms with Crippen LogP contribution in [0.4, 0.5) is 0 Å². The van der Waals surface area contributed by atoms with Gasteiger partial charge in [0.25, 0.3) is 0 Å². The lowest BCUT2D eigenvalue weighted by molar-refractivity contribution is -0.145. The van der Waals surface area contributed by atoms with Crippen molar-refractivity contribution in [2.24, 2.45) is 11.8 Å². The fraction of sp³-hybridized carbons (Fsp3) is 0.300. The van der Waals surface area contributed by atoms with E-state index in [1.165, 1.54) is 12.1 Å². The second-order valence-corrected chi connectivity index (χ2v) is 6.63. The lowest BCUT2D eigenvalue weighted by Gasteiger charge is -2.25. The third-order valence-corrected chi connectivity index (χ3v) is 4.81. The van der Waals surface area contributed by atoms with Gasteiger partial charge in [0.2, 0.25) is 0 Å². The van der Waals surface area contributed by atoms with Gasteiger partial charge in [-0.15, -0.1) is 0 Å². The Hall–Kier alpha value is -2.67. The summed E-state index contributed by atoms with van der Waals surface area (Å²) in [5, 5.41) is 9.26. The van der Waals surface area contributed by atoms with Gasteiger partial charge in [0.1, 0.15) is 23.0 Å². The first-order valence-corrected chi connectivity index (χ1v) is 9.05. The maximum absolute atomic E-state index is 12.3. The monoisotopic (exact) mass is 388 g/mol. The van der Waals surface area contributed by atoms with Gasteiger partial charge in [0, 0.05) is 12.9 Å². The van der Waals surface area contributed by atoms with Crippen LogP contribution in [-0.4, -0.2) is 17.0 Å². The first-order valence-electron chi connectivity index (χ1n) is 8.69. The molecule has 0 aliphatic heterocycles. The number of aromatic hydroxyl groups is 1. The molecule has 6 nitrogen and oxygen atoms in total. The highest BCUT2D eigenvalue weighted by atomic mass is 32.1. The Morgan fingerprint density at radius 2 is 1.11 bits per heavy atom. The minimum Gasteiger partial charge on any atom is -0.508 e. The molecule has 1 N–H and O–H groups in total. The molecule has 1 saturated carbocycles. The minimum atomic E-state index is -0.310. The van der Waals surface area contributed by atoms with Crippen LogP contribution in [0.5, 0.6) is 23.0 Å². The Morgan fingerprint density at radius 1 is 0.741 bits per heavy atom. The molecule has 0 saturated heterocycles. The van der Waals surface area contributed by atoms with Gasteiger partial charge in [-0.25, -0.2) is 0 Å². The van der Waals surface area contributed by atoms with Crippen molar-refractivity contribution < 1.29 is 28.4 Å². The summed E-state index contributed by atoms with van der Waals surface area (Å²) in [4.78, 5) is 24.6. The zero-order chi connectivity index (χ0) is 19.2. The molecule has 2 aromatic carbocycles. The number of benzene rings is 2. The Bertz CT molecular complexity index is 779. The molecule has 1 fully saturated rings. The van der Waals surface area contributed by atoms with E-state index in [1.807, 2.05) is 0 Å². The number of ether oxygens (including phenoxy) is 2. The molecule has 142 valence electrons. The average molecular weight is 388 g/mol. The molecule has 0 aromatic heterocycles. The normalized spacial score (nSPS) is 19.1. The van der Waals surface area contributed by atoms with E-state index in [4.69, 9.17) is 13.7 Å². The quantitative estimate of drug-likeness (QED) is 0.350. The molecule has 0 spiro atoms. The molecule has 0 unspecified atom stereocenters. The second-order valence-electron chi connectivity index (χ2n) is 6.45. The Labute approximate surface area is 162 Å². The second kappa shape index (κ2) is 8.81. The molecule has 0 radical (unpaired) electrons. The zero-order valence-corrected chi connectivity index (χ0v) is 15.4. The van der Waals surface area contributed by atoms with Crippen LogP contribution >= 0.6 is 12.9 Å². The number of phenolic OH excluding ortho intramolecular Hbond substituents is 1. The molecule has 0 atom stereocenters. The Morgan fingerprint density at radius 3 is 1.52 bits per heavy atom. The lowest BCUT2D eigenvalue weighted by Crippen LogP contribution is -2.30. The lowest BCUT2D eigenvalue weighted by atomic mass is 9.82. The highest BCUT2D eigenvalue weighted by molar-refractivity contribution is 7.75.